The number of aryl methyl sites for hydroxylation is 1. The molecule has 2 aromatic rings. The van der Waals surface area contributed by atoms with E-state index in [2.05, 4.69) is 21.9 Å². The molecule has 0 unspecified atom stereocenters. The molecule has 1 saturated carbocycles. The zero-order valence-corrected chi connectivity index (χ0v) is 17.4. The standard InChI is InChI=1S/C21H26F2N4OS/c1-4-29-26-16-5-6-18(25-15-7-9-21(22,23)10-8-15)17(12-16)14-11-19(24-2)20(28)27(3)13-14/h4-6,11-13,15,24-26H,1,7-10H2,2-3H3. The zero-order valence-electron chi connectivity index (χ0n) is 16.6. The van der Waals surface area contributed by atoms with Gasteiger partial charge in [0.1, 0.15) is 5.69 Å². The molecule has 1 aliphatic rings. The van der Waals surface area contributed by atoms with Crippen molar-refractivity contribution in [3.05, 3.63) is 52.8 Å². The molecule has 0 radical (unpaired) electrons. The number of alkyl halides is 2. The molecule has 0 saturated heterocycles. The lowest BCUT2D eigenvalue weighted by atomic mass is 9.91. The Bertz CT molecular complexity index is 935. The highest BCUT2D eigenvalue weighted by atomic mass is 32.2. The molecule has 0 atom stereocenters. The number of hydrogen-bond acceptors (Lipinski definition) is 5. The summed E-state index contributed by atoms with van der Waals surface area (Å²) >= 11 is 1.36. The molecule has 1 aliphatic carbocycles. The van der Waals surface area contributed by atoms with Crippen molar-refractivity contribution in [3.8, 4) is 11.1 Å². The van der Waals surface area contributed by atoms with Crippen LogP contribution in [0.1, 0.15) is 25.7 Å². The molecule has 3 rings (SSSR count). The molecule has 0 bridgehead atoms. The number of nitrogens with one attached hydrogen (secondary N) is 3. The van der Waals surface area contributed by atoms with E-state index < -0.39 is 5.92 Å². The zero-order chi connectivity index (χ0) is 21.0. The Hall–Kier alpha value is -2.48. The quantitative estimate of drug-likeness (QED) is 0.532. The van der Waals surface area contributed by atoms with Crippen LogP contribution >= 0.6 is 11.9 Å². The van der Waals surface area contributed by atoms with Crippen LogP contribution in [0, 0.1) is 0 Å². The molecule has 0 aliphatic heterocycles. The molecule has 0 amide bonds. The largest absolute Gasteiger partial charge is 0.384 e. The van der Waals surface area contributed by atoms with Gasteiger partial charge in [0, 0.05) is 61.7 Å². The van der Waals surface area contributed by atoms with Crippen LogP contribution in [0.5, 0.6) is 0 Å². The highest BCUT2D eigenvalue weighted by Crippen LogP contribution is 2.37. The number of hydrogen-bond donors (Lipinski definition) is 3. The van der Waals surface area contributed by atoms with Gasteiger partial charge >= 0.3 is 0 Å². The van der Waals surface area contributed by atoms with Gasteiger partial charge in [0.05, 0.1) is 0 Å². The topological polar surface area (TPSA) is 58.1 Å². The maximum absolute atomic E-state index is 13.5. The van der Waals surface area contributed by atoms with Gasteiger partial charge in [-0.1, -0.05) is 6.58 Å². The van der Waals surface area contributed by atoms with E-state index >= 15 is 0 Å². The van der Waals surface area contributed by atoms with Gasteiger partial charge in [0.15, 0.2) is 0 Å². The first kappa shape index (κ1) is 21.2. The fraction of sp³-hybridized carbons (Fsp3) is 0.381. The summed E-state index contributed by atoms with van der Waals surface area (Å²) in [7, 11) is 3.42. The molecular weight excluding hydrogens is 394 g/mol. The maximum Gasteiger partial charge on any atom is 0.273 e. The van der Waals surface area contributed by atoms with Crippen molar-refractivity contribution < 1.29 is 8.78 Å². The SMILES string of the molecule is C=CSNc1ccc(NC2CCC(F)(F)CC2)c(-c2cc(NC)c(=O)n(C)c2)c1. The first-order valence-electron chi connectivity index (χ1n) is 9.53. The Morgan fingerprint density at radius 1 is 1.24 bits per heavy atom. The van der Waals surface area contributed by atoms with E-state index in [1.807, 2.05) is 24.3 Å². The number of nitrogens with zero attached hydrogens (tertiary/aromatic N) is 1. The van der Waals surface area contributed by atoms with Gasteiger partial charge in [-0.15, -0.1) is 0 Å². The van der Waals surface area contributed by atoms with Crippen LogP contribution in [0.3, 0.4) is 0 Å². The number of benzene rings is 1. The normalized spacial score (nSPS) is 16.3. The van der Waals surface area contributed by atoms with Crippen molar-refractivity contribution in [2.45, 2.75) is 37.6 Å². The Balaban J connectivity index is 1.97. The second kappa shape index (κ2) is 8.90. The van der Waals surface area contributed by atoms with E-state index in [4.69, 9.17) is 0 Å². The molecule has 29 heavy (non-hydrogen) atoms. The molecular formula is C21H26F2N4OS. The number of halogens is 2. The lowest BCUT2D eigenvalue weighted by Crippen LogP contribution is -2.32. The van der Waals surface area contributed by atoms with Crippen LogP contribution in [0.2, 0.25) is 0 Å². The highest BCUT2D eigenvalue weighted by molar-refractivity contribution is 8.03. The first-order chi connectivity index (χ1) is 13.8. The number of aromatic nitrogens is 1. The molecule has 156 valence electrons. The van der Waals surface area contributed by atoms with E-state index in [0.29, 0.717) is 18.5 Å². The summed E-state index contributed by atoms with van der Waals surface area (Å²) < 4.78 is 31.7. The third-order valence-corrected chi connectivity index (χ3v) is 5.64. The number of rotatable bonds is 7. The van der Waals surface area contributed by atoms with Gasteiger partial charge in [-0.05, 0) is 54.5 Å². The summed E-state index contributed by atoms with van der Waals surface area (Å²) in [6.07, 6.45) is 2.43. The van der Waals surface area contributed by atoms with E-state index in [-0.39, 0.29) is 24.4 Å². The van der Waals surface area contributed by atoms with Crippen molar-refractivity contribution in [1.82, 2.24) is 4.57 Å². The molecule has 1 heterocycles. The third kappa shape index (κ3) is 5.12. The van der Waals surface area contributed by atoms with Crippen LogP contribution in [-0.4, -0.2) is 23.6 Å². The first-order valence-corrected chi connectivity index (χ1v) is 10.4. The molecule has 8 heteroatoms. The molecule has 1 fully saturated rings. The summed E-state index contributed by atoms with van der Waals surface area (Å²) in [6.45, 7) is 3.69. The highest BCUT2D eigenvalue weighted by Gasteiger charge is 2.35. The second-order valence-electron chi connectivity index (χ2n) is 7.23. The van der Waals surface area contributed by atoms with Crippen molar-refractivity contribution in [1.29, 1.82) is 0 Å². The van der Waals surface area contributed by atoms with E-state index in [9.17, 15) is 13.6 Å². The molecule has 1 aromatic heterocycles. The second-order valence-corrected chi connectivity index (χ2v) is 8.00. The fourth-order valence-corrected chi connectivity index (χ4v) is 3.87. The summed E-state index contributed by atoms with van der Waals surface area (Å²) in [4.78, 5) is 12.2. The van der Waals surface area contributed by atoms with E-state index in [1.165, 1.54) is 16.5 Å². The molecule has 0 spiro atoms. The number of anilines is 3. The summed E-state index contributed by atoms with van der Waals surface area (Å²) in [5.41, 5.74) is 3.86. The van der Waals surface area contributed by atoms with E-state index in [0.717, 1.165) is 22.5 Å². The fourth-order valence-electron chi connectivity index (χ4n) is 3.52. The van der Waals surface area contributed by atoms with Crippen LogP contribution in [-0.2, 0) is 7.05 Å². The predicted molar refractivity (Wildman–Crippen MR) is 119 cm³/mol. The third-order valence-electron chi connectivity index (χ3n) is 5.12. The van der Waals surface area contributed by atoms with Crippen LogP contribution in [0.25, 0.3) is 11.1 Å². The van der Waals surface area contributed by atoms with Crippen molar-refractivity contribution >= 4 is 29.0 Å². The minimum atomic E-state index is -2.56. The van der Waals surface area contributed by atoms with Gasteiger partial charge in [-0.3, -0.25) is 4.79 Å². The molecule has 5 nitrogen and oxygen atoms in total. The predicted octanol–water partition coefficient (Wildman–Crippen LogP) is 5.29. The Labute approximate surface area is 173 Å². The van der Waals surface area contributed by atoms with Gasteiger partial charge < -0.3 is 19.9 Å². The lowest BCUT2D eigenvalue weighted by Gasteiger charge is -2.30. The van der Waals surface area contributed by atoms with Crippen molar-refractivity contribution in [3.63, 3.8) is 0 Å². The Morgan fingerprint density at radius 2 is 1.97 bits per heavy atom. The van der Waals surface area contributed by atoms with Crippen molar-refractivity contribution in [2.24, 2.45) is 7.05 Å². The number of pyridine rings is 1. The van der Waals surface area contributed by atoms with Gasteiger partial charge in [0.25, 0.3) is 5.56 Å². The van der Waals surface area contributed by atoms with Gasteiger partial charge in [-0.25, -0.2) is 8.78 Å². The van der Waals surface area contributed by atoms with Crippen LogP contribution in [0.4, 0.5) is 25.8 Å². The summed E-state index contributed by atoms with van der Waals surface area (Å²) in [5.74, 6) is -2.56. The van der Waals surface area contributed by atoms with Crippen LogP contribution < -0.4 is 20.9 Å². The summed E-state index contributed by atoms with van der Waals surface area (Å²) in [6, 6.07) is 7.66. The van der Waals surface area contributed by atoms with Crippen LogP contribution in [0.15, 0.2) is 47.2 Å². The minimum absolute atomic E-state index is 0.00830. The minimum Gasteiger partial charge on any atom is -0.384 e. The maximum atomic E-state index is 13.5. The Morgan fingerprint density at radius 3 is 2.62 bits per heavy atom. The van der Waals surface area contributed by atoms with Crippen molar-refractivity contribution in [2.75, 3.05) is 22.4 Å². The smallest absolute Gasteiger partial charge is 0.273 e. The summed E-state index contributed by atoms with van der Waals surface area (Å²) in [5, 5.41) is 8.07. The lowest BCUT2D eigenvalue weighted by molar-refractivity contribution is -0.0360. The average molecular weight is 421 g/mol. The molecule has 1 aromatic carbocycles. The Kier molecular flexibility index (Phi) is 6.52. The molecule has 3 N–H and O–H groups in total. The monoisotopic (exact) mass is 420 g/mol. The van der Waals surface area contributed by atoms with E-state index in [1.54, 1.807) is 25.7 Å². The van der Waals surface area contributed by atoms with Gasteiger partial charge in [0.2, 0.25) is 5.92 Å². The average Bonchev–Trinajstić information content (AvgIpc) is 2.70. The van der Waals surface area contributed by atoms with Gasteiger partial charge in [-0.2, -0.15) is 0 Å².